The van der Waals surface area contributed by atoms with Crippen molar-refractivity contribution in [2.45, 2.75) is 4.34 Å². The quantitative estimate of drug-likeness (QED) is 0.400. The Morgan fingerprint density at radius 1 is 1.30 bits per heavy atom. The molecule has 0 aliphatic rings. The van der Waals surface area contributed by atoms with E-state index in [2.05, 4.69) is 32.4 Å². The van der Waals surface area contributed by atoms with E-state index in [0.29, 0.717) is 16.8 Å². The lowest BCUT2D eigenvalue weighted by Crippen LogP contribution is -2.13. The minimum absolute atomic E-state index is 0.133. The molecule has 3 rings (SSSR count). The van der Waals surface area contributed by atoms with E-state index in [1.54, 1.807) is 13.2 Å². The van der Waals surface area contributed by atoms with Crippen molar-refractivity contribution in [1.29, 1.82) is 0 Å². The van der Waals surface area contributed by atoms with E-state index in [-0.39, 0.29) is 11.7 Å². The molecule has 2 N–H and O–H groups in total. The van der Waals surface area contributed by atoms with Crippen molar-refractivity contribution in [3.63, 3.8) is 0 Å². The number of ether oxygens (including phenoxy) is 1. The molecule has 7 nitrogen and oxygen atoms in total. The zero-order valence-corrected chi connectivity index (χ0v) is 16.9. The minimum atomic E-state index is -0.133. The van der Waals surface area contributed by atoms with E-state index in [1.807, 2.05) is 29.6 Å². The molecule has 10 heteroatoms. The Hall–Kier alpha value is -2.43. The van der Waals surface area contributed by atoms with Crippen LogP contribution in [0.5, 0.6) is 5.75 Å². The summed E-state index contributed by atoms with van der Waals surface area (Å²) in [5, 5.41) is 17.1. The molecule has 0 atom stereocenters. The smallest absolute Gasteiger partial charge is 0.236 e. The Labute approximate surface area is 168 Å². The Kier molecular flexibility index (Phi) is 6.80. The van der Waals surface area contributed by atoms with Gasteiger partial charge in [0.05, 0.1) is 18.6 Å². The number of thiazole rings is 1. The summed E-state index contributed by atoms with van der Waals surface area (Å²) in [6.07, 6.45) is 1.75. The molecular formula is C17H17N5O2S3. The number of benzene rings is 1. The second kappa shape index (κ2) is 9.49. The number of aromatic nitrogens is 3. The fraction of sp³-hybridized carbons (Fsp3) is 0.176. The number of carbonyl (C=O) groups is 1. The summed E-state index contributed by atoms with van der Waals surface area (Å²) in [6.45, 7) is 4.26. The van der Waals surface area contributed by atoms with Crippen LogP contribution in [0, 0.1) is 0 Å². The van der Waals surface area contributed by atoms with Gasteiger partial charge in [-0.2, -0.15) is 0 Å². The Morgan fingerprint density at radius 3 is 2.85 bits per heavy atom. The van der Waals surface area contributed by atoms with Gasteiger partial charge in [0.15, 0.2) is 9.47 Å². The molecule has 1 amide bonds. The van der Waals surface area contributed by atoms with E-state index in [4.69, 9.17) is 4.74 Å². The van der Waals surface area contributed by atoms with Crippen LogP contribution in [0.2, 0.25) is 0 Å². The third kappa shape index (κ3) is 5.52. The SMILES string of the molecule is C=CCNc1nnc(SCC(=O)Nc2nc(-c3ccc(OC)cc3)cs2)s1. The van der Waals surface area contributed by atoms with Crippen molar-refractivity contribution < 1.29 is 9.53 Å². The zero-order chi connectivity index (χ0) is 19.1. The van der Waals surface area contributed by atoms with Crippen LogP contribution in [0.3, 0.4) is 0 Å². The molecule has 0 aliphatic heterocycles. The second-order valence-electron chi connectivity index (χ2n) is 5.15. The summed E-state index contributed by atoms with van der Waals surface area (Å²) in [7, 11) is 1.63. The van der Waals surface area contributed by atoms with Crippen LogP contribution in [0.1, 0.15) is 0 Å². The number of hydrogen-bond donors (Lipinski definition) is 2. The molecule has 1 aromatic carbocycles. The maximum atomic E-state index is 12.1. The largest absolute Gasteiger partial charge is 0.497 e. The summed E-state index contributed by atoms with van der Waals surface area (Å²) < 4.78 is 5.88. The molecular weight excluding hydrogens is 402 g/mol. The maximum Gasteiger partial charge on any atom is 0.236 e. The van der Waals surface area contributed by atoms with Gasteiger partial charge in [-0.1, -0.05) is 29.2 Å². The van der Waals surface area contributed by atoms with E-state index in [0.717, 1.165) is 21.3 Å². The van der Waals surface area contributed by atoms with Gasteiger partial charge in [0.2, 0.25) is 11.0 Å². The Balaban J connectivity index is 1.51. The molecule has 0 saturated heterocycles. The van der Waals surface area contributed by atoms with Crippen molar-refractivity contribution in [3.8, 4) is 17.0 Å². The third-order valence-electron chi connectivity index (χ3n) is 3.27. The number of thioether (sulfide) groups is 1. The number of anilines is 2. The van der Waals surface area contributed by atoms with Crippen molar-refractivity contribution in [2.24, 2.45) is 0 Å². The van der Waals surface area contributed by atoms with Gasteiger partial charge in [0.1, 0.15) is 5.75 Å². The van der Waals surface area contributed by atoms with E-state index in [9.17, 15) is 4.79 Å². The highest BCUT2D eigenvalue weighted by Crippen LogP contribution is 2.28. The minimum Gasteiger partial charge on any atom is -0.497 e. The van der Waals surface area contributed by atoms with E-state index in [1.165, 1.54) is 34.4 Å². The van der Waals surface area contributed by atoms with Crippen molar-refractivity contribution in [1.82, 2.24) is 15.2 Å². The molecule has 27 heavy (non-hydrogen) atoms. The van der Waals surface area contributed by atoms with E-state index < -0.39 is 0 Å². The number of nitrogens with one attached hydrogen (secondary N) is 2. The summed E-state index contributed by atoms with van der Waals surface area (Å²) >= 11 is 4.13. The standard InChI is InChI=1S/C17H17N5O2S3/c1-3-8-18-15-21-22-17(27-15)26-10-14(23)20-16-19-13(9-25-16)11-4-6-12(24-2)7-5-11/h3-7,9H,1,8,10H2,2H3,(H,18,21)(H,19,20,23). The van der Waals surface area contributed by atoms with Gasteiger partial charge in [0, 0.05) is 17.5 Å². The lowest BCUT2D eigenvalue weighted by atomic mass is 10.2. The highest BCUT2D eigenvalue weighted by Gasteiger charge is 2.11. The first kappa shape index (κ1) is 19.3. The number of carbonyl (C=O) groups excluding carboxylic acids is 1. The molecule has 0 saturated carbocycles. The molecule has 0 radical (unpaired) electrons. The van der Waals surface area contributed by atoms with Gasteiger partial charge < -0.3 is 15.4 Å². The van der Waals surface area contributed by atoms with Crippen LogP contribution in [0.25, 0.3) is 11.3 Å². The topological polar surface area (TPSA) is 89.0 Å². The fourth-order valence-electron chi connectivity index (χ4n) is 2.01. The van der Waals surface area contributed by atoms with Crippen LogP contribution < -0.4 is 15.4 Å². The van der Waals surface area contributed by atoms with Crippen LogP contribution in [-0.2, 0) is 4.79 Å². The molecule has 0 fully saturated rings. The highest BCUT2D eigenvalue weighted by atomic mass is 32.2. The Morgan fingerprint density at radius 2 is 2.11 bits per heavy atom. The lowest BCUT2D eigenvalue weighted by molar-refractivity contribution is -0.113. The van der Waals surface area contributed by atoms with Gasteiger partial charge in [0.25, 0.3) is 0 Å². The predicted molar refractivity (Wildman–Crippen MR) is 112 cm³/mol. The number of amides is 1. The first-order valence-electron chi connectivity index (χ1n) is 7.89. The number of nitrogens with zero attached hydrogens (tertiary/aromatic N) is 3. The summed E-state index contributed by atoms with van der Waals surface area (Å²) in [4.78, 5) is 16.6. The predicted octanol–water partition coefficient (Wildman–Crippen LogP) is 4.00. The number of rotatable bonds is 9. The normalized spacial score (nSPS) is 10.4. The second-order valence-corrected chi connectivity index (χ2v) is 8.20. The van der Waals surface area contributed by atoms with Crippen molar-refractivity contribution in [3.05, 3.63) is 42.3 Å². The fourth-order valence-corrected chi connectivity index (χ4v) is 4.30. The molecule has 0 spiro atoms. The first-order valence-corrected chi connectivity index (χ1v) is 10.6. The average molecular weight is 420 g/mol. The summed E-state index contributed by atoms with van der Waals surface area (Å²) in [5.74, 6) is 0.901. The molecule has 2 heterocycles. The van der Waals surface area contributed by atoms with E-state index >= 15 is 0 Å². The van der Waals surface area contributed by atoms with Gasteiger partial charge in [-0.25, -0.2) is 4.98 Å². The molecule has 140 valence electrons. The van der Waals surface area contributed by atoms with Gasteiger partial charge in [-0.05, 0) is 24.3 Å². The summed E-state index contributed by atoms with van der Waals surface area (Å²) in [5.41, 5.74) is 1.78. The average Bonchev–Trinajstić information content (AvgIpc) is 3.34. The Bertz CT molecular complexity index is 907. The lowest BCUT2D eigenvalue weighted by Gasteiger charge is -2.01. The number of hydrogen-bond acceptors (Lipinski definition) is 9. The molecule has 0 unspecified atom stereocenters. The monoisotopic (exact) mass is 419 g/mol. The van der Waals surface area contributed by atoms with Crippen molar-refractivity contribution in [2.75, 3.05) is 30.0 Å². The maximum absolute atomic E-state index is 12.1. The van der Waals surface area contributed by atoms with Gasteiger partial charge >= 0.3 is 0 Å². The van der Waals surface area contributed by atoms with Crippen LogP contribution in [0.15, 0.2) is 46.6 Å². The van der Waals surface area contributed by atoms with Gasteiger partial charge in [-0.15, -0.1) is 28.1 Å². The van der Waals surface area contributed by atoms with Crippen LogP contribution >= 0.6 is 34.4 Å². The molecule has 0 aliphatic carbocycles. The zero-order valence-electron chi connectivity index (χ0n) is 14.5. The highest BCUT2D eigenvalue weighted by molar-refractivity contribution is 8.01. The van der Waals surface area contributed by atoms with Crippen LogP contribution in [-0.4, -0.2) is 40.5 Å². The molecule has 0 bridgehead atoms. The number of methoxy groups -OCH3 is 1. The van der Waals surface area contributed by atoms with Crippen molar-refractivity contribution >= 4 is 50.6 Å². The van der Waals surface area contributed by atoms with Crippen LogP contribution in [0.4, 0.5) is 10.3 Å². The first-order chi connectivity index (χ1) is 13.2. The molecule has 3 aromatic rings. The summed E-state index contributed by atoms with van der Waals surface area (Å²) in [6, 6.07) is 7.62. The van der Waals surface area contributed by atoms with Gasteiger partial charge in [-0.3, -0.25) is 4.79 Å². The third-order valence-corrected chi connectivity index (χ3v) is 6.04. The molecule has 2 aromatic heterocycles.